The normalized spacial score (nSPS) is 16.4. The van der Waals surface area contributed by atoms with Gasteiger partial charge in [-0.05, 0) is 64.1 Å². The summed E-state index contributed by atoms with van der Waals surface area (Å²) in [5.41, 5.74) is 2.86. The van der Waals surface area contributed by atoms with E-state index in [0.717, 1.165) is 12.5 Å². The molecule has 1 N–H and O–H groups in total. The molecule has 1 aliphatic rings. The Morgan fingerprint density at radius 1 is 1.20 bits per heavy atom. The summed E-state index contributed by atoms with van der Waals surface area (Å²) in [4.78, 5) is 2.59. The van der Waals surface area contributed by atoms with Gasteiger partial charge in [0, 0.05) is 24.3 Å². The van der Waals surface area contributed by atoms with Crippen LogP contribution in [0.4, 0.5) is 5.69 Å². The highest BCUT2D eigenvalue weighted by Crippen LogP contribution is 2.34. The number of hydrogen-bond donors (Lipinski definition) is 1. The Bertz CT molecular complexity index is 410. The second kappa shape index (κ2) is 7.12. The molecule has 0 aliphatic heterocycles. The van der Waals surface area contributed by atoms with Crippen LogP contribution in [0, 0.1) is 5.92 Å². The molecule has 2 heteroatoms. The fourth-order valence-corrected chi connectivity index (χ4v) is 2.75. The number of para-hydroxylation sites is 1. The molecule has 112 valence electrons. The quantitative estimate of drug-likeness (QED) is 0.757. The number of anilines is 1. The predicted octanol–water partition coefficient (Wildman–Crippen LogP) is 4.37. The van der Waals surface area contributed by atoms with Gasteiger partial charge in [-0.3, -0.25) is 0 Å². The van der Waals surface area contributed by atoms with Crippen molar-refractivity contribution < 1.29 is 0 Å². The van der Waals surface area contributed by atoms with Crippen LogP contribution in [0.15, 0.2) is 24.3 Å². The van der Waals surface area contributed by atoms with Gasteiger partial charge in [0.05, 0.1) is 0 Å². The molecule has 2 nitrogen and oxygen atoms in total. The molecule has 0 aromatic heterocycles. The van der Waals surface area contributed by atoms with Crippen LogP contribution in [0.5, 0.6) is 0 Å². The maximum absolute atomic E-state index is 3.63. The topological polar surface area (TPSA) is 15.3 Å². The Hall–Kier alpha value is -1.02. The van der Waals surface area contributed by atoms with Gasteiger partial charge in [0.1, 0.15) is 0 Å². The lowest BCUT2D eigenvalue weighted by molar-refractivity contribution is 0.563. The standard InChI is InChI=1S/C18H30N2/c1-5-12-19-15(4)17-8-6-7-9-18(17)20(14(2)3)13-16-10-11-16/h6-9,14-16,19H,5,10-13H2,1-4H3. The lowest BCUT2D eigenvalue weighted by atomic mass is 10.0. The minimum atomic E-state index is 0.423. The average Bonchev–Trinajstić information content (AvgIpc) is 3.26. The first-order chi connectivity index (χ1) is 9.63. The highest BCUT2D eigenvalue weighted by Gasteiger charge is 2.27. The molecular weight excluding hydrogens is 244 g/mol. The number of rotatable bonds is 8. The van der Waals surface area contributed by atoms with Gasteiger partial charge in [-0.25, -0.2) is 0 Å². The van der Waals surface area contributed by atoms with Crippen molar-refractivity contribution in [2.45, 2.75) is 59.0 Å². The summed E-state index contributed by atoms with van der Waals surface area (Å²) in [6.45, 7) is 11.4. The van der Waals surface area contributed by atoms with E-state index in [1.54, 1.807) is 0 Å². The fourth-order valence-electron chi connectivity index (χ4n) is 2.75. The zero-order chi connectivity index (χ0) is 14.5. The van der Waals surface area contributed by atoms with Gasteiger partial charge >= 0.3 is 0 Å². The second-order valence-electron chi connectivity index (χ2n) is 6.42. The number of nitrogens with one attached hydrogen (secondary N) is 1. The maximum Gasteiger partial charge on any atom is 0.0417 e. The third kappa shape index (κ3) is 3.99. The van der Waals surface area contributed by atoms with E-state index in [1.807, 2.05) is 0 Å². The third-order valence-corrected chi connectivity index (χ3v) is 4.19. The Labute approximate surface area is 124 Å². The summed E-state index contributed by atoms with van der Waals surface area (Å²) in [5.74, 6) is 0.921. The molecule has 1 atom stereocenters. The van der Waals surface area contributed by atoms with Gasteiger partial charge in [-0.1, -0.05) is 25.1 Å². The first kappa shape index (κ1) is 15.4. The van der Waals surface area contributed by atoms with Crippen molar-refractivity contribution in [1.29, 1.82) is 0 Å². The number of hydrogen-bond acceptors (Lipinski definition) is 2. The molecule has 1 saturated carbocycles. The molecule has 1 aromatic carbocycles. The van der Waals surface area contributed by atoms with Crippen LogP contribution >= 0.6 is 0 Å². The van der Waals surface area contributed by atoms with Crippen LogP contribution in [-0.2, 0) is 0 Å². The molecule has 0 bridgehead atoms. The van der Waals surface area contributed by atoms with E-state index in [1.165, 1.54) is 37.1 Å². The zero-order valence-corrected chi connectivity index (χ0v) is 13.5. The molecule has 20 heavy (non-hydrogen) atoms. The molecular formula is C18H30N2. The van der Waals surface area contributed by atoms with Crippen LogP contribution in [0.3, 0.4) is 0 Å². The molecule has 2 rings (SSSR count). The molecule has 0 heterocycles. The van der Waals surface area contributed by atoms with Crippen molar-refractivity contribution in [3.05, 3.63) is 29.8 Å². The smallest absolute Gasteiger partial charge is 0.0417 e. The van der Waals surface area contributed by atoms with E-state index in [9.17, 15) is 0 Å². The molecule has 0 spiro atoms. The lowest BCUT2D eigenvalue weighted by Crippen LogP contribution is -2.34. The molecule has 0 saturated heterocycles. The average molecular weight is 274 g/mol. The summed E-state index contributed by atoms with van der Waals surface area (Å²) < 4.78 is 0. The largest absolute Gasteiger partial charge is 0.369 e. The summed E-state index contributed by atoms with van der Waals surface area (Å²) in [6, 6.07) is 9.90. The highest BCUT2D eigenvalue weighted by molar-refractivity contribution is 5.55. The lowest BCUT2D eigenvalue weighted by Gasteiger charge is -2.32. The molecule has 0 amide bonds. The van der Waals surface area contributed by atoms with Gasteiger partial charge in [0.25, 0.3) is 0 Å². The van der Waals surface area contributed by atoms with E-state index in [-0.39, 0.29) is 0 Å². The van der Waals surface area contributed by atoms with Crippen LogP contribution in [0.25, 0.3) is 0 Å². The van der Waals surface area contributed by atoms with Gasteiger partial charge < -0.3 is 10.2 Å². The Kier molecular flexibility index (Phi) is 5.47. The van der Waals surface area contributed by atoms with Crippen LogP contribution in [0.2, 0.25) is 0 Å². The van der Waals surface area contributed by atoms with Gasteiger partial charge in [-0.2, -0.15) is 0 Å². The Morgan fingerprint density at radius 3 is 2.50 bits per heavy atom. The van der Waals surface area contributed by atoms with E-state index < -0.39 is 0 Å². The maximum atomic E-state index is 3.63. The first-order valence-corrected chi connectivity index (χ1v) is 8.22. The summed E-state index contributed by atoms with van der Waals surface area (Å²) >= 11 is 0. The van der Waals surface area contributed by atoms with Gasteiger partial charge in [0.15, 0.2) is 0 Å². The monoisotopic (exact) mass is 274 g/mol. The van der Waals surface area contributed by atoms with Crippen molar-refractivity contribution in [2.24, 2.45) is 5.92 Å². The molecule has 1 aromatic rings. The van der Waals surface area contributed by atoms with Crippen LogP contribution < -0.4 is 10.2 Å². The van der Waals surface area contributed by atoms with Gasteiger partial charge in [-0.15, -0.1) is 0 Å². The Morgan fingerprint density at radius 2 is 1.90 bits per heavy atom. The third-order valence-electron chi connectivity index (χ3n) is 4.19. The second-order valence-corrected chi connectivity index (χ2v) is 6.42. The summed E-state index contributed by atoms with van der Waals surface area (Å²) in [7, 11) is 0. The molecule has 1 unspecified atom stereocenters. The van der Waals surface area contributed by atoms with E-state index in [0.29, 0.717) is 12.1 Å². The SMILES string of the molecule is CCCNC(C)c1ccccc1N(CC1CC1)C(C)C. The van der Waals surface area contributed by atoms with Crippen molar-refractivity contribution in [1.82, 2.24) is 5.32 Å². The molecule has 0 radical (unpaired) electrons. The molecule has 1 aliphatic carbocycles. The van der Waals surface area contributed by atoms with E-state index in [2.05, 4.69) is 62.2 Å². The zero-order valence-electron chi connectivity index (χ0n) is 13.5. The summed E-state index contributed by atoms with van der Waals surface area (Å²) in [6.07, 6.45) is 4.01. The van der Waals surface area contributed by atoms with E-state index >= 15 is 0 Å². The molecule has 1 fully saturated rings. The first-order valence-electron chi connectivity index (χ1n) is 8.22. The summed E-state index contributed by atoms with van der Waals surface area (Å²) in [5, 5.41) is 3.63. The van der Waals surface area contributed by atoms with Crippen molar-refractivity contribution >= 4 is 5.69 Å². The van der Waals surface area contributed by atoms with Crippen molar-refractivity contribution in [3.8, 4) is 0 Å². The highest BCUT2D eigenvalue weighted by atomic mass is 15.2. The van der Waals surface area contributed by atoms with E-state index in [4.69, 9.17) is 0 Å². The minimum absolute atomic E-state index is 0.423. The Balaban J connectivity index is 2.19. The van der Waals surface area contributed by atoms with Crippen molar-refractivity contribution in [2.75, 3.05) is 18.0 Å². The minimum Gasteiger partial charge on any atom is -0.369 e. The van der Waals surface area contributed by atoms with Gasteiger partial charge in [0.2, 0.25) is 0 Å². The van der Waals surface area contributed by atoms with Crippen LogP contribution in [0.1, 0.15) is 58.6 Å². The fraction of sp³-hybridized carbons (Fsp3) is 0.667. The number of nitrogens with zero attached hydrogens (tertiary/aromatic N) is 1. The predicted molar refractivity (Wildman–Crippen MR) is 88.4 cm³/mol. The van der Waals surface area contributed by atoms with Crippen LogP contribution in [-0.4, -0.2) is 19.1 Å². The van der Waals surface area contributed by atoms with Crippen molar-refractivity contribution in [3.63, 3.8) is 0 Å². The number of benzene rings is 1.